The molecule has 0 amide bonds. The van der Waals surface area contributed by atoms with Gasteiger partial charge in [-0.3, -0.25) is 4.55 Å². The molecule has 0 aliphatic rings. The van der Waals surface area contributed by atoms with Crippen LogP contribution in [0.3, 0.4) is 0 Å². The number of nitrogens with one attached hydrogen (secondary N) is 1. The molecule has 0 aliphatic carbocycles. The van der Waals surface area contributed by atoms with Crippen molar-refractivity contribution in [2.45, 2.75) is 37.4 Å². The monoisotopic (exact) mass is 335 g/mol. The predicted molar refractivity (Wildman–Crippen MR) is 74.2 cm³/mol. The first kappa shape index (κ1) is 22.4. The highest BCUT2D eigenvalue weighted by Gasteiger charge is 2.64. The summed E-state index contributed by atoms with van der Waals surface area (Å²) in [6, 6.07) is 0. The van der Waals surface area contributed by atoms with Crippen molar-refractivity contribution in [3.8, 4) is 0 Å². The van der Waals surface area contributed by atoms with Crippen LogP contribution in [0.15, 0.2) is 25.3 Å². The third-order valence-electron chi connectivity index (χ3n) is 2.17. The van der Waals surface area contributed by atoms with Gasteiger partial charge in [0.15, 0.2) is 0 Å². The van der Waals surface area contributed by atoms with Crippen molar-refractivity contribution >= 4 is 10.1 Å². The first-order valence-corrected chi connectivity index (χ1v) is 7.57. The molecule has 0 unspecified atom stereocenters. The van der Waals surface area contributed by atoms with Gasteiger partial charge in [-0.15, -0.1) is 13.2 Å². The van der Waals surface area contributed by atoms with E-state index in [2.05, 4.69) is 18.5 Å². The summed E-state index contributed by atoms with van der Waals surface area (Å²) in [6.07, 6.45) is 2.33. The Kier molecular flexibility index (Phi) is 10.5. The van der Waals surface area contributed by atoms with Gasteiger partial charge >= 0.3 is 21.3 Å². The number of unbranched alkanes of at least 4 members (excludes halogenated alkanes) is 1. The molecule has 4 nitrogen and oxygen atoms in total. The number of hydrogen-bond donors (Lipinski definition) is 2. The van der Waals surface area contributed by atoms with Crippen LogP contribution in [0.1, 0.15) is 26.2 Å². The highest BCUT2D eigenvalue weighted by atomic mass is 32.2. The molecule has 0 aromatic carbocycles. The summed E-state index contributed by atoms with van der Waals surface area (Å²) in [5.74, 6) is -4.74. The molecule has 2 N–H and O–H groups in total. The Morgan fingerprint density at radius 3 is 1.86 bits per heavy atom. The van der Waals surface area contributed by atoms with Crippen molar-refractivity contribution in [1.82, 2.24) is 5.32 Å². The van der Waals surface area contributed by atoms with Gasteiger partial charge in [0.25, 0.3) is 0 Å². The zero-order valence-corrected chi connectivity index (χ0v) is 12.6. The Bertz CT molecular complexity index is 403. The summed E-state index contributed by atoms with van der Waals surface area (Å²) >= 11 is 0. The quantitative estimate of drug-likeness (QED) is 0.294. The lowest BCUT2D eigenvalue weighted by Crippen LogP contribution is -2.46. The van der Waals surface area contributed by atoms with Crippen molar-refractivity contribution in [1.29, 1.82) is 0 Å². The average Bonchev–Trinajstić information content (AvgIpc) is 2.36. The van der Waals surface area contributed by atoms with E-state index in [1.54, 1.807) is 0 Å². The van der Waals surface area contributed by atoms with Gasteiger partial charge in [-0.25, -0.2) is 0 Å². The fraction of sp³-hybridized carbons (Fsp3) is 0.667. The Hall–Kier alpha value is -0.930. The molecule has 0 aliphatic heterocycles. The molecule has 0 rings (SSSR count). The predicted octanol–water partition coefficient (Wildman–Crippen LogP) is 3.24. The molecule has 0 aromatic heterocycles. The van der Waals surface area contributed by atoms with Gasteiger partial charge < -0.3 is 5.32 Å². The molecule has 9 heteroatoms. The Balaban J connectivity index is 0. The molecule has 0 bridgehead atoms. The largest absolute Gasteiger partial charge is 0.431 e. The van der Waals surface area contributed by atoms with Crippen LogP contribution >= 0.6 is 0 Å². The Labute approximate surface area is 122 Å². The maximum Gasteiger partial charge on any atom is 0.431 e. The van der Waals surface area contributed by atoms with E-state index < -0.39 is 27.7 Å². The maximum atomic E-state index is 12.6. The molecule has 126 valence electrons. The zero-order chi connectivity index (χ0) is 17.2. The second kappa shape index (κ2) is 9.91. The maximum absolute atomic E-state index is 12.6. The lowest BCUT2D eigenvalue weighted by atomic mass is 10.1. The van der Waals surface area contributed by atoms with Crippen LogP contribution in [0.2, 0.25) is 0 Å². The molecular weight excluding hydrogens is 314 g/mol. The number of halogens is 4. The standard InChI is InChI=1S/C6H10F4O3S.C6H11N/c1-2-3-4-5(7,8)6(9,10)14(11,12)13;1-3-5-7-6-4-2/h2-4H2,1H3,(H,11,12,13);3-4,7H,1-2,5-6H2. The van der Waals surface area contributed by atoms with Gasteiger partial charge in [-0.2, -0.15) is 26.0 Å². The van der Waals surface area contributed by atoms with Crippen LogP contribution in [0.5, 0.6) is 0 Å². The van der Waals surface area contributed by atoms with Crippen LogP contribution in [0, 0.1) is 0 Å². The van der Waals surface area contributed by atoms with Gasteiger partial charge in [0, 0.05) is 19.5 Å². The first-order valence-electron chi connectivity index (χ1n) is 6.13. The molecular formula is C12H21F4NO3S. The molecule has 0 spiro atoms. The zero-order valence-electron chi connectivity index (χ0n) is 11.8. The lowest BCUT2D eigenvalue weighted by molar-refractivity contribution is -0.164. The van der Waals surface area contributed by atoms with Gasteiger partial charge in [-0.05, 0) is 6.42 Å². The second-order valence-electron chi connectivity index (χ2n) is 4.04. The third-order valence-corrected chi connectivity index (χ3v) is 3.12. The summed E-state index contributed by atoms with van der Waals surface area (Å²) in [7, 11) is -6.07. The van der Waals surface area contributed by atoms with Crippen LogP contribution < -0.4 is 5.32 Å². The van der Waals surface area contributed by atoms with Crippen molar-refractivity contribution in [2.75, 3.05) is 13.1 Å². The smallest absolute Gasteiger partial charge is 0.310 e. The summed E-state index contributed by atoms with van der Waals surface area (Å²) in [4.78, 5) is 0. The van der Waals surface area contributed by atoms with Crippen LogP contribution in [0.4, 0.5) is 17.6 Å². The number of alkyl halides is 4. The molecule has 0 fully saturated rings. The Morgan fingerprint density at radius 1 is 1.14 bits per heavy atom. The molecule has 0 atom stereocenters. The average molecular weight is 335 g/mol. The van der Waals surface area contributed by atoms with Crippen molar-refractivity contribution < 1.29 is 30.5 Å². The number of hydrogen-bond acceptors (Lipinski definition) is 3. The van der Waals surface area contributed by atoms with E-state index in [-0.39, 0.29) is 12.8 Å². The molecule has 21 heavy (non-hydrogen) atoms. The first-order chi connectivity index (χ1) is 9.47. The van der Waals surface area contributed by atoms with E-state index in [1.165, 1.54) is 6.92 Å². The minimum Gasteiger partial charge on any atom is -0.310 e. The minimum atomic E-state index is -6.07. The van der Waals surface area contributed by atoms with Crippen LogP contribution in [-0.4, -0.2) is 37.2 Å². The number of rotatable bonds is 9. The van der Waals surface area contributed by atoms with Crippen LogP contribution in [-0.2, 0) is 10.1 Å². The van der Waals surface area contributed by atoms with Gasteiger partial charge in [-0.1, -0.05) is 25.5 Å². The topological polar surface area (TPSA) is 66.4 Å². The van der Waals surface area contributed by atoms with E-state index in [4.69, 9.17) is 4.55 Å². The van der Waals surface area contributed by atoms with Crippen molar-refractivity contribution in [2.24, 2.45) is 0 Å². The third kappa shape index (κ3) is 8.18. The van der Waals surface area contributed by atoms with E-state index in [0.29, 0.717) is 0 Å². The van der Waals surface area contributed by atoms with E-state index in [9.17, 15) is 26.0 Å². The van der Waals surface area contributed by atoms with Crippen molar-refractivity contribution in [3.05, 3.63) is 25.3 Å². The van der Waals surface area contributed by atoms with Gasteiger partial charge in [0.2, 0.25) is 0 Å². The second-order valence-corrected chi connectivity index (χ2v) is 5.50. The molecule has 0 radical (unpaired) electrons. The fourth-order valence-corrected chi connectivity index (χ4v) is 1.50. The van der Waals surface area contributed by atoms with Gasteiger partial charge in [0.1, 0.15) is 0 Å². The van der Waals surface area contributed by atoms with E-state index in [1.807, 2.05) is 12.2 Å². The minimum absolute atomic E-state index is 0.219. The summed E-state index contributed by atoms with van der Waals surface area (Å²) in [5, 5.41) is -2.37. The van der Waals surface area contributed by atoms with Crippen molar-refractivity contribution in [3.63, 3.8) is 0 Å². The molecule has 0 heterocycles. The SMILES string of the molecule is C=CCNCC=C.CCCCC(F)(F)C(F)(F)S(=O)(=O)O. The van der Waals surface area contributed by atoms with E-state index >= 15 is 0 Å². The summed E-state index contributed by atoms with van der Waals surface area (Å²) in [6.45, 7) is 10.3. The summed E-state index contributed by atoms with van der Waals surface area (Å²) < 4.78 is 78.0. The highest BCUT2D eigenvalue weighted by molar-refractivity contribution is 7.87. The molecule has 0 aromatic rings. The fourth-order valence-electron chi connectivity index (χ4n) is 1.02. The molecule has 0 saturated carbocycles. The highest BCUT2D eigenvalue weighted by Crippen LogP contribution is 2.41. The van der Waals surface area contributed by atoms with Gasteiger partial charge in [0.05, 0.1) is 0 Å². The Morgan fingerprint density at radius 2 is 1.57 bits per heavy atom. The van der Waals surface area contributed by atoms with Crippen LogP contribution in [0.25, 0.3) is 0 Å². The van der Waals surface area contributed by atoms with E-state index in [0.717, 1.165) is 13.1 Å². The molecule has 0 saturated heterocycles. The lowest BCUT2D eigenvalue weighted by Gasteiger charge is -2.23. The normalized spacial score (nSPS) is 12.3. The summed E-state index contributed by atoms with van der Waals surface area (Å²) in [5.41, 5.74) is 0.